The molecule has 0 aliphatic heterocycles. The van der Waals surface area contributed by atoms with E-state index in [1.54, 1.807) is 0 Å². The number of aldehydes is 1. The van der Waals surface area contributed by atoms with Gasteiger partial charge in [0.25, 0.3) is 5.78 Å². The molecule has 0 saturated heterocycles. The fourth-order valence-corrected chi connectivity index (χ4v) is 1.24. The predicted molar refractivity (Wildman–Crippen MR) is 47.2 cm³/mol. The average molecular weight is 255 g/mol. The van der Waals surface area contributed by atoms with Crippen molar-refractivity contribution in [3.8, 4) is 0 Å². The van der Waals surface area contributed by atoms with Gasteiger partial charge in [0.1, 0.15) is 5.82 Å². The van der Waals surface area contributed by atoms with Crippen molar-refractivity contribution in [2.45, 2.75) is 6.18 Å². The minimum Gasteiger partial charge on any atom is -0.298 e. The Bertz CT molecular complexity index is 454. The lowest BCUT2D eigenvalue weighted by Gasteiger charge is -2.07. The van der Waals surface area contributed by atoms with E-state index in [1.165, 1.54) is 0 Å². The van der Waals surface area contributed by atoms with Crippen LogP contribution >= 0.6 is 11.6 Å². The van der Waals surface area contributed by atoms with Crippen LogP contribution in [-0.2, 0) is 0 Å². The van der Waals surface area contributed by atoms with Crippen LogP contribution in [0.1, 0.15) is 20.7 Å². The van der Waals surface area contributed by atoms with Crippen molar-refractivity contribution >= 4 is 23.7 Å². The van der Waals surface area contributed by atoms with E-state index in [0.717, 1.165) is 6.07 Å². The molecule has 0 amide bonds. The van der Waals surface area contributed by atoms with Crippen molar-refractivity contribution in [3.63, 3.8) is 0 Å². The van der Waals surface area contributed by atoms with Crippen molar-refractivity contribution in [3.05, 3.63) is 34.1 Å². The average Bonchev–Trinajstić information content (AvgIpc) is 2.18. The van der Waals surface area contributed by atoms with Crippen LogP contribution in [-0.4, -0.2) is 18.2 Å². The number of benzene rings is 1. The zero-order chi connectivity index (χ0) is 12.5. The summed E-state index contributed by atoms with van der Waals surface area (Å²) in [7, 11) is 0. The lowest BCUT2D eigenvalue weighted by Crippen LogP contribution is -2.24. The molecular formula is C9H3ClF4O2. The van der Waals surface area contributed by atoms with Crippen molar-refractivity contribution in [2.24, 2.45) is 0 Å². The molecule has 7 heteroatoms. The van der Waals surface area contributed by atoms with Crippen molar-refractivity contribution in [2.75, 3.05) is 0 Å². The van der Waals surface area contributed by atoms with Crippen molar-refractivity contribution < 1.29 is 27.2 Å². The standard InChI is InChI=1S/C9H3ClF4O2/c10-5-1-4(3-15)7(11)6(2-5)8(16)9(12,13)14/h1-3H. The molecule has 0 spiro atoms. The summed E-state index contributed by atoms with van der Waals surface area (Å²) in [5.74, 6) is -3.91. The SMILES string of the molecule is O=Cc1cc(Cl)cc(C(=O)C(F)(F)F)c1F. The first kappa shape index (κ1) is 12.6. The van der Waals surface area contributed by atoms with E-state index in [4.69, 9.17) is 11.6 Å². The first-order valence-corrected chi connectivity index (χ1v) is 4.21. The molecule has 0 aliphatic carbocycles. The van der Waals surface area contributed by atoms with Crippen LogP contribution in [0, 0.1) is 5.82 Å². The van der Waals surface area contributed by atoms with E-state index in [0.29, 0.717) is 6.07 Å². The molecule has 0 N–H and O–H groups in total. The Balaban J connectivity index is 3.40. The number of hydrogen-bond donors (Lipinski definition) is 0. The third-order valence-electron chi connectivity index (χ3n) is 1.69. The third-order valence-corrected chi connectivity index (χ3v) is 1.91. The summed E-state index contributed by atoms with van der Waals surface area (Å²) in [4.78, 5) is 21.1. The number of ketones is 1. The van der Waals surface area contributed by atoms with E-state index in [2.05, 4.69) is 0 Å². The quantitative estimate of drug-likeness (QED) is 0.462. The van der Waals surface area contributed by atoms with E-state index in [-0.39, 0.29) is 11.3 Å². The molecule has 86 valence electrons. The fourth-order valence-electron chi connectivity index (χ4n) is 1.01. The molecule has 1 aromatic carbocycles. The summed E-state index contributed by atoms with van der Waals surface area (Å²) >= 11 is 5.35. The molecule has 0 unspecified atom stereocenters. The van der Waals surface area contributed by atoms with Gasteiger partial charge in [-0.05, 0) is 12.1 Å². The van der Waals surface area contributed by atoms with Gasteiger partial charge < -0.3 is 0 Å². The van der Waals surface area contributed by atoms with Crippen LogP contribution in [0.5, 0.6) is 0 Å². The van der Waals surface area contributed by atoms with Gasteiger partial charge in [-0.2, -0.15) is 13.2 Å². The maximum absolute atomic E-state index is 13.2. The largest absolute Gasteiger partial charge is 0.454 e. The molecule has 0 aliphatic rings. The van der Waals surface area contributed by atoms with Crippen molar-refractivity contribution in [1.82, 2.24) is 0 Å². The molecular weight excluding hydrogens is 252 g/mol. The lowest BCUT2D eigenvalue weighted by atomic mass is 10.1. The van der Waals surface area contributed by atoms with E-state index in [1.807, 2.05) is 0 Å². The summed E-state index contributed by atoms with van der Waals surface area (Å²) in [5.41, 5.74) is -1.96. The number of Topliss-reactive ketones (excluding diaryl/α,β-unsaturated/α-hetero) is 1. The third kappa shape index (κ3) is 2.38. The Hall–Kier alpha value is -1.43. The smallest absolute Gasteiger partial charge is 0.298 e. The number of halogens is 5. The van der Waals surface area contributed by atoms with Crippen molar-refractivity contribution in [1.29, 1.82) is 0 Å². The Morgan fingerprint density at radius 2 is 1.88 bits per heavy atom. The Labute approximate surface area is 91.8 Å². The van der Waals surface area contributed by atoms with Crippen LogP contribution in [0.15, 0.2) is 12.1 Å². The zero-order valence-electron chi connectivity index (χ0n) is 7.44. The number of carbonyl (C=O) groups excluding carboxylic acids is 2. The minimum atomic E-state index is -5.22. The molecule has 0 heterocycles. The number of hydrogen-bond acceptors (Lipinski definition) is 2. The lowest BCUT2D eigenvalue weighted by molar-refractivity contribution is -0.0887. The number of rotatable bonds is 2. The molecule has 0 radical (unpaired) electrons. The van der Waals surface area contributed by atoms with Gasteiger partial charge in [-0.25, -0.2) is 4.39 Å². The second-order valence-corrected chi connectivity index (χ2v) is 3.24. The highest BCUT2D eigenvalue weighted by Crippen LogP contribution is 2.26. The highest BCUT2D eigenvalue weighted by Gasteiger charge is 2.41. The summed E-state index contributed by atoms with van der Waals surface area (Å²) in [6.07, 6.45) is -5.24. The first-order valence-electron chi connectivity index (χ1n) is 3.83. The minimum absolute atomic E-state index is 0.0195. The van der Waals surface area contributed by atoms with Gasteiger partial charge in [-0.15, -0.1) is 0 Å². The number of carbonyl (C=O) groups is 2. The molecule has 1 aromatic rings. The second kappa shape index (κ2) is 4.21. The van der Waals surface area contributed by atoms with Crippen LogP contribution in [0.25, 0.3) is 0 Å². The fraction of sp³-hybridized carbons (Fsp3) is 0.111. The summed E-state index contributed by atoms with van der Waals surface area (Å²) < 4.78 is 49.3. The van der Waals surface area contributed by atoms with E-state index in [9.17, 15) is 27.2 Å². The molecule has 0 saturated carbocycles. The van der Waals surface area contributed by atoms with Gasteiger partial charge in [0, 0.05) is 5.02 Å². The monoisotopic (exact) mass is 254 g/mol. The zero-order valence-corrected chi connectivity index (χ0v) is 8.19. The molecule has 0 bridgehead atoms. The Kier molecular flexibility index (Phi) is 3.32. The molecule has 0 aromatic heterocycles. The normalized spacial score (nSPS) is 11.3. The molecule has 2 nitrogen and oxygen atoms in total. The Morgan fingerprint density at radius 3 is 2.31 bits per heavy atom. The molecule has 0 atom stereocenters. The van der Waals surface area contributed by atoms with Gasteiger partial charge in [-0.1, -0.05) is 11.6 Å². The first-order chi connectivity index (χ1) is 7.27. The van der Waals surface area contributed by atoms with Crippen LogP contribution < -0.4 is 0 Å². The second-order valence-electron chi connectivity index (χ2n) is 2.80. The van der Waals surface area contributed by atoms with Crippen LogP contribution in [0.4, 0.5) is 17.6 Å². The Morgan fingerprint density at radius 1 is 1.31 bits per heavy atom. The van der Waals surface area contributed by atoms with Crippen LogP contribution in [0.2, 0.25) is 5.02 Å². The number of alkyl halides is 3. The van der Waals surface area contributed by atoms with Gasteiger partial charge in [0.05, 0.1) is 11.1 Å². The van der Waals surface area contributed by atoms with E-state index < -0.39 is 28.9 Å². The van der Waals surface area contributed by atoms with E-state index >= 15 is 0 Å². The molecule has 0 fully saturated rings. The summed E-state index contributed by atoms with van der Waals surface area (Å²) in [6, 6.07) is 1.36. The predicted octanol–water partition coefficient (Wildman–Crippen LogP) is 3.04. The maximum Gasteiger partial charge on any atom is 0.454 e. The van der Waals surface area contributed by atoms with Gasteiger partial charge >= 0.3 is 6.18 Å². The maximum atomic E-state index is 13.2. The topological polar surface area (TPSA) is 34.1 Å². The van der Waals surface area contributed by atoms with Gasteiger partial charge in [-0.3, -0.25) is 9.59 Å². The molecule has 1 rings (SSSR count). The summed E-state index contributed by atoms with van der Waals surface area (Å²) in [5, 5.41) is -0.323. The highest BCUT2D eigenvalue weighted by atomic mass is 35.5. The molecule has 16 heavy (non-hydrogen) atoms. The van der Waals surface area contributed by atoms with Gasteiger partial charge in [0.2, 0.25) is 0 Å². The highest BCUT2D eigenvalue weighted by molar-refractivity contribution is 6.31. The summed E-state index contributed by atoms with van der Waals surface area (Å²) in [6.45, 7) is 0. The van der Waals surface area contributed by atoms with Gasteiger partial charge in [0.15, 0.2) is 6.29 Å². The van der Waals surface area contributed by atoms with Crippen LogP contribution in [0.3, 0.4) is 0 Å².